The molecule has 0 atom stereocenters. The number of hydrazine groups is 1. The molecule has 0 saturated carbocycles. The van der Waals surface area contributed by atoms with Crippen molar-refractivity contribution in [3.05, 3.63) is 59.0 Å². The summed E-state index contributed by atoms with van der Waals surface area (Å²) in [6.07, 6.45) is 1.40. The Bertz CT molecular complexity index is 719. The van der Waals surface area contributed by atoms with E-state index in [9.17, 15) is 14.4 Å². The highest BCUT2D eigenvalue weighted by Gasteiger charge is 2.12. The summed E-state index contributed by atoms with van der Waals surface area (Å²) in [6.45, 7) is 3.49. The summed E-state index contributed by atoms with van der Waals surface area (Å²) in [5.74, 6) is -0.541. The summed E-state index contributed by atoms with van der Waals surface area (Å²) in [7, 11) is 0. The fourth-order valence-electron chi connectivity index (χ4n) is 1.87. The zero-order valence-electron chi connectivity index (χ0n) is 12.8. The van der Waals surface area contributed by atoms with E-state index in [4.69, 9.17) is 4.42 Å². The molecule has 1 aromatic carbocycles. The van der Waals surface area contributed by atoms with Gasteiger partial charge >= 0.3 is 0 Å². The normalized spacial score (nSPS) is 10.0. The highest BCUT2D eigenvalue weighted by atomic mass is 16.3. The van der Waals surface area contributed by atoms with Gasteiger partial charge in [0.05, 0.1) is 11.8 Å². The molecule has 3 N–H and O–H groups in total. The molecular formula is C16H17N3O4. The Kier molecular flexibility index (Phi) is 5.14. The lowest BCUT2D eigenvalue weighted by Gasteiger charge is -2.08. The van der Waals surface area contributed by atoms with Crippen molar-refractivity contribution in [2.75, 3.05) is 0 Å². The molecule has 1 aromatic heterocycles. The quantitative estimate of drug-likeness (QED) is 0.740. The molecule has 0 unspecified atom stereocenters. The number of aryl methyl sites for hydroxylation is 1. The van der Waals surface area contributed by atoms with Gasteiger partial charge in [-0.3, -0.25) is 25.2 Å². The first-order valence-electron chi connectivity index (χ1n) is 6.95. The third-order valence-corrected chi connectivity index (χ3v) is 3.15. The maximum atomic E-state index is 12.0. The third-order valence-electron chi connectivity index (χ3n) is 3.15. The van der Waals surface area contributed by atoms with Gasteiger partial charge < -0.3 is 9.73 Å². The van der Waals surface area contributed by atoms with Crippen molar-refractivity contribution in [2.45, 2.75) is 20.4 Å². The number of furan rings is 1. The number of amides is 3. The van der Waals surface area contributed by atoms with Crippen molar-refractivity contribution in [2.24, 2.45) is 0 Å². The molecule has 120 valence electrons. The Morgan fingerprint density at radius 3 is 2.22 bits per heavy atom. The maximum Gasteiger partial charge on any atom is 0.273 e. The fourth-order valence-corrected chi connectivity index (χ4v) is 1.87. The topological polar surface area (TPSA) is 100 Å². The van der Waals surface area contributed by atoms with Crippen LogP contribution in [-0.4, -0.2) is 17.7 Å². The van der Waals surface area contributed by atoms with Gasteiger partial charge in [0.2, 0.25) is 5.91 Å². The van der Waals surface area contributed by atoms with Gasteiger partial charge in [0.15, 0.2) is 0 Å². The van der Waals surface area contributed by atoms with E-state index in [1.807, 2.05) is 0 Å². The van der Waals surface area contributed by atoms with Gasteiger partial charge in [-0.25, -0.2) is 0 Å². The number of carbonyl (C=O) groups is 3. The van der Waals surface area contributed by atoms with Gasteiger partial charge in [-0.2, -0.15) is 0 Å². The molecule has 0 spiro atoms. The molecule has 7 nitrogen and oxygen atoms in total. The van der Waals surface area contributed by atoms with Gasteiger partial charge in [0.1, 0.15) is 5.76 Å². The number of hydrogen-bond donors (Lipinski definition) is 3. The lowest BCUT2D eigenvalue weighted by atomic mass is 10.1. The number of hydrogen-bond acceptors (Lipinski definition) is 4. The molecule has 0 fully saturated rings. The third kappa shape index (κ3) is 4.44. The van der Waals surface area contributed by atoms with E-state index < -0.39 is 11.8 Å². The molecule has 0 saturated heterocycles. The lowest BCUT2D eigenvalue weighted by molar-refractivity contribution is -0.119. The fraction of sp³-hybridized carbons (Fsp3) is 0.188. The van der Waals surface area contributed by atoms with Crippen LogP contribution in [-0.2, 0) is 11.3 Å². The van der Waals surface area contributed by atoms with Crippen LogP contribution in [0.25, 0.3) is 0 Å². The molecule has 2 aromatic rings. The van der Waals surface area contributed by atoms with Crippen LogP contribution in [0.3, 0.4) is 0 Å². The zero-order valence-corrected chi connectivity index (χ0v) is 12.8. The molecule has 3 amide bonds. The van der Waals surface area contributed by atoms with Gasteiger partial charge in [0.25, 0.3) is 11.8 Å². The van der Waals surface area contributed by atoms with Gasteiger partial charge in [-0.15, -0.1) is 0 Å². The van der Waals surface area contributed by atoms with Crippen LogP contribution < -0.4 is 16.2 Å². The molecule has 0 radical (unpaired) electrons. The van der Waals surface area contributed by atoms with Crippen molar-refractivity contribution < 1.29 is 18.8 Å². The smallest absolute Gasteiger partial charge is 0.273 e. The predicted molar refractivity (Wildman–Crippen MR) is 82.3 cm³/mol. The average Bonchev–Trinajstić information content (AvgIpc) is 2.97. The number of rotatable bonds is 4. The summed E-state index contributed by atoms with van der Waals surface area (Å²) in [4.78, 5) is 34.6. The van der Waals surface area contributed by atoms with Crippen molar-refractivity contribution in [3.63, 3.8) is 0 Å². The van der Waals surface area contributed by atoms with Crippen molar-refractivity contribution in [3.8, 4) is 0 Å². The first kappa shape index (κ1) is 16.3. The second-order valence-electron chi connectivity index (χ2n) is 4.91. The molecule has 0 aliphatic heterocycles. The standard InChI is InChI=1S/C16H17N3O4/c1-10-14(7-8-23-10)16(22)19-18-15(21)13-5-3-12(4-6-13)9-17-11(2)20/h3-8H,9H2,1-2H3,(H,17,20)(H,18,21)(H,19,22). The van der Waals surface area contributed by atoms with Crippen molar-refractivity contribution in [1.29, 1.82) is 0 Å². The molecule has 2 rings (SSSR count). The first-order chi connectivity index (χ1) is 11.0. The molecular weight excluding hydrogens is 298 g/mol. The zero-order chi connectivity index (χ0) is 16.8. The maximum absolute atomic E-state index is 12.0. The highest BCUT2D eigenvalue weighted by molar-refractivity contribution is 5.99. The van der Waals surface area contributed by atoms with Crippen LogP contribution in [0.15, 0.2) is 41.0 Å². The Hall–Kier alpha value is -3.09. The van der Waals surface area contributed by atoms with Crippen LogP contribution in [0.4, 0.5) is 0 Å². The minimum Gasteiger partial charge on any atom is -0.469 e. The molecule has 1 heterocycles. The molecule has 0 aliphatic carbocycles. The largest absolute Gasteiger partial charge is 0.469 e. The van der Waals surface area contributed by atoms with Crippen molar-refractivity contribution in [1.82, 2.24) is 16.2 Å². The van der Waals surface area contributed by atoms with Crippen LogP contribution >= 0.6 is 0 Å². The summed E-state index contributed by atoms with van der Waals surface area (Å²) in [5, 5.41) is 2.67. The molecule has 0 bridgehead atoms. The Morgan fingerprint density at radius 2 is 1.65 bits per heavy atom. The summed E-state index contributed by atoms with van der Waals surface area (Å²) < 4.78 is 5.03. The minimum atomic E-state index is -0.452. The molecule has 7 heteroatoms. The SMILES string of the molecule is CC(=O)NCc1ccc(C(=O)NNC(=O)c2ccoc2C)cc1. The van der Waals surface area contributed by atoms with Crippen molar-refractivity contribution >= 4 is 17.7 Å². The van der Waals surface area contributed by atoms with Gasteiger partial charge in [0, 0.05) is 19.0 Å². The van der Waals surface area contributed by atoms with E-state index in [1.165, 1.54) is 19.3 Å². The second-order valence-corrected chi connectivity index (χ2v) is 4.91. The number of nitrogens with one attached hydrogen (secondary N) is 3. The minimum absolute atomic E-state index is 0.121. The van der Waals surface area contributed by atoms with Crippen LogP contribution in [0.2, 0.25) is 0 Å². The van der Waals surface area contributed by atoms with Crippen LogP contribution in [0.5, 0.6) is 0 Å². The first-order valence-corrected chi connectivity index (χ1v) is 6.95. The van der Waals surface area contributed by atoms with E-state index >= 15 is 0 Å². The molecule has 23 heavy (non-hydrogen) atoms. The van der Waals surface area contributed by atoms with E-state index in [-0.39, 0.29) is 5.91 Å². The summed E-state index contributed by atoms with van der Waals surface area (Å²) in [6, 6.07) is 8.21. The average molecular weight is 315 g/mol. The van der Waals surface area contributed by atoms with E-state index in [0.717, 1.165) is 5.56 Å². The predicted octanol–water partition coefficient (Wildman–Crippen LogP) is 1.30. The van der Waals surface area contributed by atoms with E-state index in [1.54, 1.807) is 31.2 Å². The Labute approximate surface area is 133 Å². The monoisotopic (exact) mass is 315 g/mol. The van der Waals surface area contributed by atoms with E-state index in [2.05, 4.69) is 16.2 Å². The number of carbonyl (C=O) groups excluding carboxylic acids is 3. The lowest BCUT2D eigenvalue weighted by Crippen LogP contribution is -2.41. The van der Waals surface area contributed by atoms with Crippen LogP contribution in [0, 0.1) is 6.92 Å². The number of benzene rings is 1. The summed E-state index contributed by atoms with van der Waals surface area (Å²) in [5.41, 5.74) is 6.27. The summed E-state index contributed by atoms with van der Waals surface area (Å²) >= 11 is 0. The Balaban J connectivity index is 1.89. The van der Waals surface area contributed by atoms with Gasteiger partial charge in [-0.1, -0.05) is 12.1 Å². The van der Waals surface area contributed by atoms with Crippen LogP contribution in [0.1, 0.15) is 39.0 Å². The second kappa shape index (κ2) is 7.26. The molecule has 0 aliphatic rings. The van der Waals surface area contributed by atoms with E-state index in [0.29, 0.717) is 23.4 Å². The van der Waals surface area contributed by atoms with Gasteiger partial charge in [-0.05, 0) is 30.7 Å². The highest BCUT2D eigenvalue weighted by Crippen LogP contribution is 2.08. The Morgan fingerprint density at radius 1 is 1.00 bits per heavy atom.